The molecule has 3 heteroatoms. The number of carbonyl (C=O) groups is 1. The SMILES string of the molecule is CCCC(O)c1ccc2c(c1)C(NC(=O)CC)CCC2. The summed E-state index contributed by atoms with van der Waals surface area (Å²) < 4.78 is 0. The predicted octanol–water partition coefficient (Wildman–Crippen LogP) is 3.42. The van der Waals surface area contributed by atoms with E-state index in [4.69, 9.17) is 0 Å². The molecule has 0 saturated heterocycles. The second-order valence-corrected chi connectivity index (χ2v) is 5.63. The number of hydrogen-bond acceptors (Lipinski definition) is 2. The molecule has 0 radical (unpaired) electrons. The quantitative estimate of drug-likeness (QED) is 0.865. The average Bonchev–Trinajstić information content (AvgIpc) is 2.47. The summed E-state index contributed by atoms with van der Waals surface area (Å²) in [5.74, 6) is 0.0994. The molecule has 2 N–H and O–H groups in total. The number of nitrogens with one attached hydrogen (secondary N) is 1. The van der Waals surface area contributed by atoms with Gasteiger partial charge in [0.25, 0.3) is 0 Å². The van der Waals surface area contributed by atoms with Crippen LogP contribution in [0.2, 0.25) is 0 Å². The van der Waals surface area contributed by atoms with Crippen LogP contribution >= 0.6 is 0 Å². The topological polar surface area (TPSA) is 49.3 Å². The summed E-state index contributed by atoms with van der Waals surface area (Å²) in [4.78, 5) is 11.7. The molecule has 1 aromatic rings. The standard InChI is InChI=1S/C17H25NO2/c1-3-6-16(19)13-10-9-12-7-5-8-15(14(12)11-13)18-17(20)4-2/h9-11,15-16,19H,3-8H2,1-2H3,(H,18,20). The maximum atomic E-state index is 11.7. The minimum absolute atomic E-state index is 0.0994. The van der Waals surface area contributed by atoms with Gasteiger partial charge in [0, 0.05) is 6.42 Å². The first-order chi connectivity index (χ1) is 9.65. The zero-order valence-electron chi connectivity index (χ0n) is 12.5. The van der Waals surface area contributed by atoms with Gasteiger partial charge in [0.1, 0.15) is 0 Å². The average molecular weight is 275 g/mol. The molecule has 0 saturated carbocycles. The van der Waals surface area contributed by atoms with E-state index in [2.05, 4.69) is 24.4 Å². The zero-order valence-corrected chi connectivity index (χ0v) is 12.5. The van der Waals surface area contributed by atoms with Crippen LogP contribution in [0.5, 0.6) is 0 Å². The number of aliphatic hydroxyl groups excluding tert-OH is 1. The molecule has 2 atom stereocenters. The largest absolute Gasteiger partial charge is 0.388 e. The molecular weight excluding hydrogens is 250 g/mol. The third-order valence-electron chi connectivity index (χ3n) is 4.09. The summed E-state index contributed by atoms with van der Waals surface area (Å²) in [6, 6.07) is 6.35. The summed E-state index contributed by atoms with van der Waals surface area (Å²) in [6.07, 6.45) is 5.04. The molecule has 2 unspecified atom stereocenters. The predicted molar refractivity (Wildman–Crippen MR) is 80.4 cm³/mol. The van der Waals surface area contributed by atoms with Crippen molar-refractivity contribution in [2.45, 2.75) is 64.5 Å². The summed E-state index contributed by atoms with van der Waals surface area (Å²) in [5.41, 5.74) is 3.49. The van der Waals surface area contributed by atoms with Crippen LogP contribution in [-0.2, 0) is 11.2 Å². The molecule has 0 fully saturated rings. The Bertz CT molecular complexity index is 470. The molecule has 110 valence electrons. The van der Waals surface area contributed by atoms with E-state index in [1.54, 1.807) is 0 Å². The summed E-state index contributed by atoms with van der Waals surface area (Å²) in [5, 5.41) is 13.3. The van der Waals surface area contributed by atoms with Crippen LogP contribution in [0.1, 0.15) is 74.8 Å². The van der Waals surface area contributed by atoms with Crippen LogP contribution < -0.4 is 5.32 Å². The number of benzene rings is 1. The molecule has 0 spiro atoms. The summed E-state index contributed by atoms with van der Waals surface area (Å²) >= 11 is 0. The lowest BCUT2D eigenvalue weighted by Gasteiger charge is -2.27. The fraction of sp³-hybridized carbons (Fsp3) is 0.588. The molecule has 20 heavy (non-hydrogen) atoms. The highest BCUT2D eigenvalue weighted by atomic mass is 16.3. The van der Waals surface area contributed by atoms with Gasteiger partial charge in [-0.1, -0.05) is 38.5 Å². The van der Waals surface area contributed by atoms with Gasteiger partial charge in [-0.3, -0.25) is 4.79 Å². The molecule has 3 nitrogen and oxygen atoms in total. The van der Waals surface area contributed by atoms with E-state index in [0.29, 0.717) is 6.42 Å². The number of aryl methyl sites for hydroxylation is 1. The Balaban J connectivity index is 2.24. The van der Waals surface area contributed by atoms with E-state index in [1.165, 1.54) is 11.1 Å². The highest BCUT2D eigenvalue weighted by Crippen LogP contribution is 2.32. The molecule has 1 aromatic carbocycles. The van der Waals surface area contributed by atoms with Crippen LogP contribution in [0.15, 0.2) is 18.2 Å². The van der Waals surface area contributed by atoms with Gasteiger partial charge < -0.3 is 10.4 Å². The van der Waals surface area contributed by atoms with Gasteiger partial charge in [-0.25, -0.2) is 0 Å². The Kier molecular flexibility index (Phi) is 5.18. The number of carbonyl (C=O) groups excluding carboxylic acids is 1. The Morgan fingerprint density at radius 3 is 2.95 bits per heavy atom. The van der Waals surface area contributed by atoms with Crippen molar-refractivity contribution in [1.29, 1.82) is 0 Å². The van der Waals surface area contributed by atoms with Crippen molar-refractivity contribution in [2.75, 3.05) is 0 Å². The second-order valence-electron chi connectivity index (χ2n) is 5.63. The number of aliphatic hydroxyl groups is 1. The van der Waals surface area contributed by atoms with Crippen LogP contribution in [0, 0.1) is 0 Å². The lowest BCUT2D eigenvalue weighted by atomic mass is 9.85. The number of amides is 1. The maximum absolute atomic E-state index is 11.7. The molecule has 0 heterocycles. The van der Waals surface area contributed by atoms with Crippen molar-refractivity contribution in [3.63, 3.8) is 0 Å². The Morgan fingerprint density at radius 1 is 1.45 bits per heavy atom. The van der Waals surface area contributed by atoms with Crippen LogP contribution in [0.25, 0.3) is 0 Å². The normalized spacial score (nSPS) is 19.2. The lowest BCUT2D eigenvalue weighted by molar-refractivity contribution is -0.121. The first-order valence-corrected chi connectivity index (χ1v) is 7.75. The number of rotatable bonds is 5. The van der Waals surface area contributed by atoms with Gasteiger partial charge in [-0.2, -0.15) is 0 Å². The fourth-order valence-corrected chi connectivity index (χ4v) is 2.91. The number of hydrogen-bond donors (Lipinski definition) is 2. The van der Waals surface area contributed by atoms with Crippen LogP contribution in [0.3, 0.4) is 0 Å². The lowest BCUT2D eigenvalue weighted by Crippen LogP contribution is -2.30. The zero-order chi connectivity index (χ0) is 14.5. The van der Waals surface area contributed by atoms with Crippen molar-refractivity contribution in [3.8, 4) is 0 Å². The minimum Gasteiger partial charge on any atom is -0.388 e. The van der Waals surface area contributed by atoms with Gasteiger partial charge in [0.05, 0.1) is 12.1 Å². The van der Waals surface area contributed by atoms with Crippen molar-refractivity contribution >= 4 is 5.91 Å². The van der Waals surface area contributed by atoms with Crippen molar-refractivity contribution in [1.82, 2.24) is 5.32 Å². The highest BCUT2D eigenvalue weighted by molar-refractivity contribution is 5.76. The van der Waals surface area contributed by atoms with E-state index < -0.39 is 6.10 Å². The molecule has 2 rings (SSSR count). The van der Waals surface area contributed by atoms with Gasteiger partial charge in [-0.15, -0.1) is 0 Å². The molecule has 1 aliphatic carbocycles. The van der Waals surface area contributed by atoms with Gasteiger partial charge in [0.2, 0.25) is 5.91 Å². The van der Waals surface area contributed by atoms with Crippen molar-refractivity contribution in [3.05, 3.63) is 34.9 Å². The van der Waals surface area contributed by atoms with Gasteiger partial charge in [-0.05, 0) is 42.4 Å². The molecule has 1 amide bonds. The van der Waals surface area contributed by atoms with Gasteiger partial charge >= 0.3 is 0 Å². The van der Waals surface area contributed by atoms with Gasteiger partial charge in [0.15, 0.2) is 0 Å². The van der Waals surface area contributed by atoms with E-state index in [-0.39, 0.29) is 11.9 Å². The highest BCUT2D eigenvalue weighted by Gasteiger charge is 2.22. The summed E-state index contributed by atoms with van der Waals surface area (Å²) in [6.45, 7) is 3.95. The third-order valence-corrected chi connectivity index (χ3v) is 4.09. The van der Waals surface area contributed by atoms with Crippen LogP contribution in [0.4, 0.5) is 0 Å². The van der Waals surface area contributed by atoms with E-state index in [0.717, 1.165) is 37.7 Å². The van der Waals surface area contributed by atoms with Crippen molar-refractivity contribution in [2.24, 2.45) is 0 Å². The van der Waals surface area contributed by atoms with E-state index >= 15 is 0 Å². The van der Waals surface area contributed by atoms with E-state index in [1.807, 2.05) is 13.0 Å². The molecule has 0 aliphatic heterocycles. The Hall–Kier alpha value is -1.35. The molecule has 1 aliphatic rings. The van der Waals surface area contributed by atoms with Crippen LogP contribution in [-0.4, -0.2) is 11.0 Å². The Morgan fingerprint density at radius 2 is 2.25 bits per heavy atom. The monoisotopic (exact) mass is 275 g/mol. The third kappa shape index (κ3) is 3.40. The Labute approximate surface area is 121 Å². The van der Waals surface area contributed by atoms with E-state index in [9.17, 15) is 9.90 Å². The maximum Gasteiger partial charge on any atom is 0.220 e. The fourth-order valence-electron chi connectivity index (χ4n) is 2.91. The first-order valence-electron chi connectivity index (χ1n) is 7.75. The smallest absolute Gasteiger partial charge is 0.220 e. The molecule has 0 bridgehead atoms. The minimum atomic E-state index is -0.394. The second kappa shape index (κ2) is 6.89. The molecular formula is C17H25NO2. The summed E-state index contributed by atoms with van der Waals surface area (Å²) in [7, 11) is 0. The van der Waals surface area contributed by atoms with Crippen molar-refractivity contribution < 1.29 is 9.90 Å². The number of fused-ring (bicyclic) bond motifs is 1. The first kappa shape index (κ1) is 15.0. The molecule has 0 aromatic heterocycles.